The average Bonchev–Trinajstić information content (AvgIpc) is 2.66. The highest BCUT2D eigenvalue weighted by Crippen LogP contribution is 2.33. The van der Waals surface area contributed by atoms with E-state index in [4.69, 9.17) is 16.3 Å². The highest BCUT2D eigenvalue weighted by Gasteiger charge is 2.31. The smallest absolute Gasteiger partial charge is 0.417 e. The van der Waals surface area contributed by atoms with Gasteiger partial charge in [0.05, 0.1) is 11.6 Å². The lowest BCUT2D eigenvalue weighted by Gasteiger charge is -2.16. The Morgan fingerprint density at radius 1 is 1.20 bits per heavy atom. The summed E-state index contributed by atoms with van der Waals surface area (Å²) in [4.78, 5) is 31.7. The van der Waals surface area contributed by atoms with E-state index < -0.39 is 23.7 Å². The molecule has 2 aromatic rings. The van der Waals surface area contributed by atoms with Crippen molar-refractivity contribution in [2.24, 2.45) is 5.92 Å². The first-order chi connectivity index (χ1) is 14.0. The molecule has 162 valence electrons. The molecule has 30 heavy (non-hydrogen) atoms. The summed E-state index contributed by atoms with van der Waals surface area (Å²) in [6.45, 7) is 5.01. The molecule has 2 rings (SSSR count). The second kappa shape index (κ2) is 9.75. The van der Waals surface area contributed by atoms with Gasteiger partial charge in [-0.3, -0.25) is 9.59 Å². The number of amides is 2. The maximum absolute atomic E-state index is 12.6. The second-order valence-corrected chi connectivity index (χ2v) is 7.18. The van der Waals surface area contributed by atoms with Gasteiger partial charge in [0.15, 0.2) is 0 Å². The standard InChI is InChI=1S/C19H20ClF3N4O3/c1-10(2)16(28)27-15-6-12(4-5-24-15)17(29)26-11(3)9-30-18-14(20)7-13(8-25-18)19(21,22)23/h4-8,10-11H,9H2,1-3H3,(H,26,29)(H,24,27,28)/t11-/m1/s1. The van der Waals surface area contributed by atoms with E-state index in [1.807, 2.05) is 0 Å². The fourth-order valence-electron chi connectivity index (χ4n) is 2.15. The molecule has 0 saturated carbocycles. The van der Waals surface area contributed by atoms with Crippen LogP contribution in [-0.2, 0) is 11.0 Å². The Kier molecular flexibility index (Phi) is 7.60. The topological polar surface area (TPSA) is 93.2 Å². The lowest BCUT2D eigenvalue weighted by atomic mass is 10.2. The number of nitrogens with one attached hydrogen (secondary N) is 2. The van der Waals surface area contributed by atoms with Crippen molar-refractivity contribution in [2.75, 3.05) is 11.9 Å². The third kappa shape index (κ3) is 6.58. The number of alkyl halides is 3. The van der Waals surface area contributed by atoms with Crippen LogP contribution < -0.4 is 15.4 Å². The van der Waals surface area contributed by atoms with Crippen LogP contribution in [-0.4, -0.2) is 34.4 Å². The molecule has 11 heteroatoms. The number of hydrogen-bond donors (Lipinski definition) is 2. The van der Waals surface area contributed by atoms with Gasteiger partial charge >= 0.3 is 6.18 Å². The monoisotopic (exact) mass is 444 g/mol. The molecular weight excluding hydrogens is 425 g/mol. The fourth-order valence-corrected chi connectivity index (χ4v) is 2.37. The summed E-state index contributed by atoms with van der Waals surface area (Å²) >= 11 is 5.79. The summed E-state index contributed by atoms with van der Waals surface area (Å²) < 4.78 is 43.2. The molecule has 0 aromatic carbocycles. The van der Waals surface area contributed by atoms with Crippen LogP contribution in [0.3, 0.4) is 0 Å². The minimum atomic E-state index is -4.56. The molecule has 2 heterocycles. The van der Waals surface area contributed by atoms with Crippen molar-refractivity contribution in [1.82, 2.24) is 15.3 Å². The van der Waals surface area contributed by atoms with Gasteiger partial charge in [-0.15, -0.1) is 0 Å². The van der Waals surface area contributed by atoms with Gasteiger partial charge in [-0.05, 0) is 25.1 Å². The second-order valence-electron chi connectivity index (χ2n) is 6.77. The van der Waals surface area contributed by atoms with Crippen LogP contribution in [0.5, 0.6) is 5.88 Å². The Balaban J connectivity index is 1.94. The van der Waals surface area contributed by atoms with Crippen LogP contribution in [0.4, 0.5) is 19.0 Å². The van der Waals surface area contributed by atoms with Crippen LogP contribution >= 0.6 is 11.6 Å². The Morgan fingerprint density at radius 2 is 1.90 bits per heavy atom. The van der Waals surface area contributed by atoms with Crippen LogP contribution in [0, 0.1) is 5.92 Å². The number of hydrogen-bond acceptors (Lipinski definition) is 5. The molecule has 2 aromatic heterocycles. The number of nitrogens with zero attached hydrogens (tertiary/aromatic N) is 2. The fraction of sp³-hybridized carbons (Fsp3) is 0.368. The molecule has 2 N–H and O–H groups in total. The molecule has 2 amide bonds. The molecule has 0 spiro atoms. The van der Waals surface area contributed by atoms with Gasteiger partial charge in [0.1, 0.15) is 17.4 Å². The van der Waals surface area contributed by atoms with E-state index in [2.05, 4.69) is 20.6 Å². The molecular formula is C19H20ClF3N4O3. The van der Waals surface area contributed by atoms with Crippen molar-refractivity contribution in [1.29, 1.82) is 0 Å². The van der Waals surface area contributed by atoms with E-state index in [0.29, 0.717) is 6.20 Å². The maximum atomic E-state index is 12.6. The number of pyridine rings is 2. The minimum absolute atomic E-state index is 0.0775. The zero-order valence-corrected chi connectivity index (χ0v) is 17.1. The van der Waals surface area contributed by atoms with Crippen LogP contribution in [0.2, 0.25) is 5.02 Å². The lowest BCUT2D eigenvalue weighted by Crippen LogP contribution is -2.37. The largest absolute Gasteiger partial charge is 0.474 e. The Hall–Kier alpha value is -2.88. The van der Waals surface area contributed by atoms with Crippen molar-refractivity contribution in [2.45, 2.75) is 33.0 Å². The third-order valence-electron chi connectivity index (χ3n) is 3.78. The van der Waals surface area contributed by atoms with Crippen molar-refractivity contribution in [3.05, 3.63) is 46.7 Å². The maximum Gasteiger partial charge on any atom is 0.417 e. The van der Waals surface area contributed by atoms with Gasteiger partial charge in [0, 0.05) is 23.9 Å². The summed E-state index contributed by atoms with van der Waals surface area (Å²) in [6, 6.07) is 3.11. The molecule has 0 aliphatic heterocycles. The van der Waals surface area contributed by atoms with Crippen LogP contribution in [0.15, 0.2) is 30.6 Å². The van der Waals surface area contributed by atoms with E-state index in [9.17, 15) is 22.8 Å². The summed E-state index contributed by atoms with van der Waals surface area (Å²) in [5.41, 5.74) is -0.721. The molecule has 0 unspecified atom stereocenters. The Morgan fingerprint density at radius 3 is 2.50 bits per heavy atom. The van der Waals surface area contributed by atoms with E-state index in [1.54, 1.807) is 20.8 Å². The SMILES string of the molecule is CC(C)C(=O)Nc1cc(C(=O)N[C@H](C)COc2ncc(C(F)(F)F)cc2Cl)ccn1. The van der Waals surface area contributed by atoms with E-state index in [-0.39, 0.29) is 40.7 Å². The zero-order chi connectivity index (χ0) is 22.5. The van der Waals surface area contributed by atoms with Crippen molar-refractivity contribution in [3.8, 4) is 5.88 Å². The molecule has 7 nitrogen and oxygen atoms in total. The quantitative estimate of drug-likeness (QED) is 0.674. The van der Waals surface area contributed by atoms with Gasteiger partial charge in [-0.2, -0.15) is 13.2 Å². The number of rotatable bonds is 7. The van der Waals surface area contributed by atoms with Gasteiger partial charge in [-0.1, -0.05) is 25.4 Å². The number of halogens is 4. The first kappa shape index (κ1) is 23.4. The van der Waals surface area contributed by atoms with Gasteiger partial charge < -0.3 is 15.4 Å². The number of carbonyl (C=O) groups excluding carboxylic acids is 2. The predicted octanol–water partition coefficient (Wildman–Crippen LogP) is 3.94. The van der Waals surface area contributed by atoms with Gasteiger partial charge in [-0.25, -0.2) is 9.97 Å². The molecule has 1 atom stereocenters. The Bertz CT molecular complexity index is 922. The van der Waals surface area contributed by atoms with E-state index >= 15 is 0 Å². The molecule has 0 fully saturated rings. The van der Waals surface area contributed by atoms with Crippen molar-refractivity contribution in [3.63, 3.8) is 0 Å². The number of carbonyl (C=O) groups is 2. The van der Waals surface area contributed by atoms with Gasteiger partial charge in [0.25, 0.3) is 5.91 Å². The van der Waals surface area contributed by atoms with Crippen molar-refractivity contribution >= 4 is 29.2 Å². The third-order valence-corrected chi connectivity index (χ3v) is 4.05. The molecule has 0 bridgehead atoms. The number of anilines is 1. The van der Waals surface area contributed by atoms with E-state index in [1.165, 1.54) is 18.3 Å². The zero-order valence-electron chi connectivity index (χ0n) is 16.4. The summed E-state index contributed by atoms with van der Waals surface area (Å²) in [7, 11) is 0. The first-order valence-corrected chi connectivity index (χ1v) is 9.28. The lowest BCUT2D eigenvalue weighted by molar-refractivity contribution is -0.137. The number of aromatic nitrogens is 2. The summed E-state index contributed by atoms with van der Waals surface area (Å²) in [6.07, 6.45) is -2.55. The average molecular weight is 445 g/mol. The molecule has 0 saturated heterocycles. The summed E-state index contributed by atoms with van der Waals surface area (Å²) in [5, 5.41) is 4.98. The van der Waals surface area contributed by atoms with Crippen molar-refractivity contribution < 1.29 is 27.5 Å². The van der Waals surface area contributed by atoms with Crippen LogP contribution in [0.1, 0.15) is 36.7 Å². The Labute approximate surface area is 176 Å². The summed E-state index contributed by atoms with van der Waals surface area (Å²) in [5.74, 6) is -0.853. The van der Waals surface area contributed by atoms with Crippen LogP contribution in [0.25, 0.3) is 0 Å². The minimum Gasteiger partial charge on any atom is -0.474 e. The highest BCUT2D eigenvalue weighted by molar-refractivity contribution is 6.31. The first-order valence-electron chi connectivity index (χ1n) is 8.90. The molecule has 0 aliphatic carbocycles. The highest BCUT2D eigenvalue weighted by atomic mass is 35.5. The number of ether oxygens (including phenoxy) is 1. The van der Waals surface area contributed by atoms with Gasteiger partial charge in [0.2, 0.25) is 11.8 Å². The molecule has 0 aliphatic rings. The predicted molar refractivity (Wildman–Crippen MR) is 104 cm³/mol. The molecule has 0 radical (unpaired) electrons. The van der Waals surface area contributed by atoms with E-state index in [0.717, 1.165) is 6.07 Å². The normalized spacial score (nSPS) is 12.4.